The molecule has 0 spiro atoms. The molecule has 2 aromatic heterocycles. The van der Waals surface area contributed by atoms with Gasteiger partial charge in [0.15, 0.2) is 5.75 Å². The second-order valence-corrected chi connectivity index (χ2v) is 8.95. The Balaban J connectivity index is 1.94. The second-order valence-electron chi connectivity index (χ2n) is 8.95. The first-order valence-electron chi connectivity index (χ1n) is 12.3. The maximum Gasteiger partial charge on any atom is 0.319 e. The Morgan fingerprint density at radius 1 is 0.974 bits per heavy atom. The van der Waals surface area contributed by atoms with Crippen LogP contribution < -0.4 is 26.1 Å². The summed E-state index contributed by atoms with van der Waals surface area (Å²) in [4.78, 5) is 40.7. The number of aromatic amines is 1. The molecule has 198 valence electrons. The van der Waals surface area contributed by atoms with Crippen LogP contribution in [0.5, 0.6) is 11.5 Å². The lowest BCUT2D eigenvalue weighted by Crippen LogP contribution is -2.28. The number of anilines is 1. The number of hydrogen-bond acceptors (Lipinski definition) is 4. The normalized spacial score (nSPS) is 10.9. The van der Waals surface area contributed by atoms with Crippen LogP contribution in [0.1, 0.15) is 41.0 Å². The van der Waals surface area contributed by atoms with Gasteiger partial charge < -0.3 is 30.2 Å². The standard InChI is InChI=1S/C28H30FN5O4/c1-6-30-27(36)20-13-22-24(33-20)25(35)17(5)14-34(22)21-12-19(32-28(37)31-7-2)8-9-23(21)38-26-15(3)10-18(29)11-16(26)4/h8-14,33H,6-7H2,1-5H3,(H,30,36)(H2,31,32,37). The lowest BCUT2D eigenvalue weighted by atomic mass is 10.1. The summed E-state index contributed by atoms with van der Waals surface area (Å²) in [6, 6.07) is 9.09. The summed E-state index contributed by atoms with van der Waals surface area (Å²) in [5.41, 5.74) is 3.34. The highest BCUT2D eigenvalue weighted by Crippen LogP contribution is 2.36. The average Bonchev–Trinajstić information content (AvgIpc) is 3.31. The molecule has 10 heteroatoms. The third-order valence-electron chi connectivity index (χ3n) is 6.00. The molecular formula is C28H30FN5O4. The van der Waals surface area contributed by atoms with Gasteiger partial charge in [0.05, 0.1) is 11.2 Å². The third-order valence-corrected chi connectivity index (χ3v) is 6.00. The number of nitrogens with zero attached hydrogens (tertiary/aromatic N) is 1. The molecule has 0 aliphatic rings. The van der Waals surface area contributed by atoms with Crippen molar-refractivity contribution in [3.05, 3.63) is 81.0 Å². The lowest BCUT2D eigenvalue weighted by molar-refractivity contribution is 0.0951. The number of ether oxygens (including phenoxy) is 1. The molecule has 0 aliphatic carbocycles. The van der Waals surface area contributed by atoms with Crippen molar-refractivity contribution in [2.75, 3.05) is 18.4 Å². The summed E-state index contributed by atoms with van der Waals surface area (Å²) in [5.74, 6) is 0.183. The first-order valence-corrected chi connectivity index (χ1v) is 12.3. The number of hydrogen-bond donors (Lipinski definition) is 4. The predicted octanol–water partition coefficient (Wildman–Crippen LogP) is 5.07. The molecule has 38 heavy (non-hydrogen) atoms. The molecular weight excluding hydrogens is 489 g/mol. The number of urea groups is 1. The summed E-state index contributed by atoms with van der Waals surface area (Å²) >= 11 is 0. The SMILES string of the molecule is CCNC(=O)Nc1ccc(Oc2c(C)cc(F)cc2C)c(-n2cc(C)c(=O)c3[nH]c(C(=O)NCC)cc32)c1. The van der Waals surface area contributed by atoms with E-state index in [0.29, 0.717) is 58.2 Å². The maximum atomic E-state index is 13.9. The quantitative estimate of drug-likeness (QED) is 0.273. The maximum absolute atomic E-state index is 13.9. The summed E-state index contributed by atoms with van der Waals surface area (Å²) in [7, 11) is 0. The molecule has 0 atom stereocenters. The Kier molecular flexibility index (Phi) is 7.52. The number of fused-ring (bicyclic) bond motifs is 1. The minimum Gasteiger partial charge on any atom is -0.455 e. The monoisotopic (exact) mass is 519 g/mol. The van der Waals surface area contributed by atoms with E-state index in [1.165, 1.54) is 12.1 Å². The Labute approximate surface area is 219 Å². The highest BCUT2D eigenvalue weighted by atomic mass is 19.1. The van der Waals surface area contributed by atoms with Crippen molar-refractivity contribution < 1.29 is 18.7 Å². The molecule has 4 aromatic rings. The molecule has 4 rings (SSSR count). The zero-order valence-corrected chi connectivity index (χ0v) is 21.9. The van der Waals surface area contributed by atoms with Gasteiger partial charge in [-0.25, -0.2) is 9.18 Å². The zero-order valence-electron chi connectivity index (χ0n) is 21.9. The highest BCUT2D eigenvalue weighted by molar-refractivity contribution is 5.97. The number of aromatic nitrogens is 2. The van der Waals surface area contributed by atoms with Crippen LogP contribution in [0.15, 0.2) is 47.4 Å². The van der Waals surface area contributed by atoms with Gasteiger partial charge in [-0.15, -0.1) is 0 Å². The molecule has 3 amide bonds. The van der Waals surface area contributed by atoms with Crippen LogP contribution in [0.25, 0.3) is 16.7 Å². The van der Waals surface area contributed by atoms with Gasteiger partial charge in [-0.1, -0.05) is 0 Å². The molecule has 0 saturated heterocycles. The molecule has 0 fully saturated rings. The van der Waals surface area contributed by atoms with Gasteiger partial charge in [-0.05, 0) is 82.1 Å². The Hall–Kier alpha value is -4.60. The van der Waals surface area contributed by atoms with Crippen molar-refractivity contribution in [1.82, 2.24) is 20.2 Å². The number of nitrogens with one attached hydrogen (secondary N) is 4. The van der Waals surface area contributed by atoms with E-state index < -0.39 is 0 Å². The number of carbonyl (C=O) groups excluding carboxylic acids is 2. The van der Waals surface area contributed by atoms with Crippen LogP contribution in [0.3, 0.4) is 0 Å². The second kappa shape index (κ2) is 10.8. The first-order chi connectivity index (χ1) is 18.1. The fraction of sp³-hybridized carbons (Fsp3) is 0.250. The number of carbonyl (C=O) groups is 2. The molecule has 2 aromatic carbocycles. The van der Waals surface area contributed by atoms with Crippen LogP contribution in [0.4, 0.5) is 14.9 Å². The highest BCUT2D eigenvalue weighted by Gasteiger charge is 2.19. The van der Waals surface area contributed by atoms with Crippen LogP contribution in [0, 0.1) is 26.6 Å². The van der Waals surface area contributed by atoms with Gasteiger partial charge in [-0.2, -0.15) is 0 Å². The Bertz CT molecular complexity index is 1580. The number of rotatable bonds is 7. The molecule has 0 bridgehead atoms. The van der Waals surface area contributed by atoms with Crippen LogP contribution in [-0.2, 0) is 0 Å². The largest absolute Gasteiger partial charge is 0.455 e. The van der Waals surface area contributed by atoms with Crippen molar-refractivity contribution in [3.8, 4) is 17.2 Å². The van der Waals surface area contributed by atoms with Crippen LogP contribution in [0.2, 0.25) is 0 Å². The van der Waals surface area contributed by atoms with Gasteiger partial charge in [0.2, 0.25) is 5.43 Å². The van der Waals surface area contributed by atoms with E-state index in [-0.39, 0.29) is 34.4 Å². The van der Waals surface area contributed by atoms with Gasteiger partial charge in [0, 0.05) is 30.5 Å². The summed E-state index contributed by atoms with van der Waals surface area (Å²) < 4.78 is 22.0. The van der Waals surface area contributed by atoms with E-state index >= 15 is 0 Å². The molecule has 0 unspecified atom stereocenters. The van der Waals surface area contributed by atoms with Gasteiger partial charge in [0.1, 0.15) is 22.8 Å². The van der Waals surface area contributed by atoms with Crippen molar-refractivity contribution in [1.29, 1.82) is 0 Å². The van der Waals surface area contributed by atoms with E-state index in [1.807, 2.05) is 6.92 Å². The number of benzene rings is 2. The first kappa shape index (κ1) is 26.5. The molecule has 0 aliphatic heterocycles. The van der Waals surface area contributed by atoms with Gasteiger partial charge in [-0.3, -0.25) is 9.59 Å². The lowest BCUT2D eigenvalue weighted by Gasteiger charge is -2.19. The smallest absolute Gasteiger partial charge is 0.319 e. The summed E-state index contributed by atoms with van der Waals surface area (Å²) in [5, 5.41) is 8.20. The number of pyridine rings is 1. The number of halogens is 1. The predicted molar refractivity (Wildman–Crippen MR) is 145 cm³/mol. The topological polar surface area (TPSA) is 117 Å². The van der Waals surface area contributed by atoms with Gasteiger partial charge >= 0.3 is 6.03 Å². The van der Waals surface area contributed by atoms with Crippen molar-refractivity contribution in [2.45, 2.75) is 34.6 Å². The van der Waals surface area contributed by atoms with E-state index in [2.05, 4.69) is 20.9 Å². The number of H-pyrrole nitrogens is 1. The summed E-state index contributed by atoms with van der Waals surface area (Å²) in [6.07, 6.45) is 1.66. The minimum atomic E-state index is -0.376. The van der Waals surface area contributed by atoms with Crippen LogP contribution in [-0.4, -0.2) is 34.6 Å². The Morgan fingerprint density at radius 2 is 1.66 bits per heavy atom. The minimum absolute atomic E-state index is 0.239. The third kappa shape index (κ3) is 5.24. The van der Waals surface area contributed by atoms with E-state index in [4.69, 9.17) is 4.74 Å². The van der Waals surface area contributed by atoms with Crippen LogP contribution >= 0.6 is 0 Å². The zero-order chi connectivity index (χ0) is 27.6. The van der Waals surface area contributed by atoms with Crippen molar-refractivity contribution in [2.24, 2.45) is 0 Å². The molecule has 4 N–H and O–H groups in total. The fourth-order valence-electron chi connectivity index (χ4n) is 4.28. The number of aryl methyl sites for hydroxylation is 3. The fourth-order valence-corrected chi connectivity index (χ4v) is 4.28. The number of amides is 3. The van der Waals surface area contributed by atoms with Crippen molar-refractivity contribution >= 4 is 28.7 Å². The molecule has 9 nitrogen and oxygen atoms in total. The van der Waals surface area contributed by atoms with Crippen molar-refractivity contribution in [3.63, 3.8) is 0 Å². The van der Waals surface area contributed by atoms with E-state index in [1.54, 1.807) is 62.7 Å². The molecule has 2 heterocycles. The Morgan fingerprint density at radius 3 is 2.32 bits per heavy atom. The van der Waals surface area contributed by atoms with Gasteiger partial charge in [0.25, 0.3) is 5.91 Å². The molecule has 0 radical (unpaired) electrons. The molecule has 0 saturated carbocycles. The average molecular weight is 520 g/mol. The summed E-state index contributed by atoms with van der Waals surface area (Å²) in [6.45, 7) is 9.68. The van der Waals surface area contributed by atoms with E-state index in [9.17, 15) is 18.8 Å². The van der Waals surface area contributed by atoms with E-state index in [0.717, 1.165) is 0 Å².